The van der Waals surface area contributed by atoms with E-state index in [2.05, 4.69) is 5.32 Å². The first-order chi connectivity index (χ1) is 10.1. The summed E-state index contributed by atoms with van der Waals surface area (Å²) in [5, 5.41) is 12.5. The number of phenols is 1. The Bertz CT molecular complexity index is 620. The van der Waals surface area contributed by atoms with E-state index in [1.54, 1.807) is 26.2 Å². The average Bonchev–Trinajstić information content (AvgIpc) is 2.50. The molecule has 2 rings (SSSR count). The van der Waals surface area contributed by atoms with Crippen LogP contribution in [0.1, 0.15) is 21.5 Å². The van der Waals surface area contributed by atoms with E-state index in [1.807, 2.05) is 24.3 Å². The van der Waals surface area contributed by atoms with Gasteiger partial charge in [0.2, 0.25) is 0 Å². The lowest BCUT2D eigenvalue weighted by atomic mass is 10.1. The maximum atomic E-state index is 12.0. The number of amides is 1. The van der Waals surface area contributed by atoms with Gasteiger partial charge in [-0.1, -0.05) is 18.2 Å². The molecule has 2 N–H and O–H groups in total. The second kappa shape index (κ2) is 6.79. The quantitative estimate of drug-likeness (QED) is 0.888. The predicted molar refractivity (Wildman–Crippen MR) is 81.9 cm³/mol. The zero-order valence-electron chi connectivity index (χ0n) is 12.2. The Kier molecular flexibility index (Phi) is 4.82. The molecule has 4 heteroatoms. The van der Waals surface area contributed by atoms with E-state index in [-0.39, 0.29) is 11.7 Å². The van der Waals surface area contributed by atoms with E-state index in [4.69, 9.17) is 4.74 Å². The van der Waals surface area contributed by atoms with Crippen molar-refractivity contribution in [1.29, 1.82) is 0 Å². The number of hydrogen-bond donors (Lipinski definition) is 2. The molecule has 2 aromatic carbocycles. The highest BCUT2D eigenvalue weighted by molar-refractivity contribution is 5.94. The molecule has 0 fully saturated rings. The standard InChI is InChI=1S/C17H19NO3/c1-12-3-6-14(11-16(12)19)17(20)18-10-9-13-4-7-15(21-2)8-5-13/h3-8,11,19H,9-10H2,1-2H3,(H,18,20). The van der Waals surface area contributed by atoms with Gasteiger partial charge in [-0.05, 0) is 48.7 Å². The number of carbonyl (C=O) groups excluding carboxylic acids is 1. The second-order valence-electron chi connectivity index (χ2n) is 4.86. The molecule has 0 saturated carbocycles. The molecular weight excluding hydrogens is 266 g/mol. The molecule has 1 amide bonds. The van der Waals surface area contributed by atoms with Crippen molar-refractivity contribution < 1.29 is 14.6 Å². The highest BCUT2D eigenvalue weighted by Gasteiger charge is 2.07. The first kappa shape index (κ1) is 14.9. The summed E-state index contributed by atoms with van der Waals surface area (Å²) in [6.45, 7) is 2.33. The number of rotatable bonds is 5. The van der Waals surface area contributed by atoms with Gasteiger partial charge in [-0.2, -0.15) is 0 Å². The number of hydrogen-bond acceptors (Lipinski definition) is 3. The van der Waals surface area contributed by atoms with Crippen LogP contribution in [0.4, 0.5) is 0 Å². The molecule has 0 radical (unpaired) electrons. The summed E-state index contributed by atoms with van der Waals surface area (Å²) in [4.78, 5) is 12.0. The third-order valence-electron chi connectivity index (χ3n) is 3.33. The third kappa shape index (κ3) is 3.99. The van der Waals surface area contributed by atoms with E-state index < -0.39 is 0 Å². The van der Waals surface area contributed by atoms with Gasteiger partial charge in [0.05, 0.1) is 7.11 Å². The maximum absolute atomic E-state index is 12.0. The van der Waals surface area contributed by atoms with Crippen LogP contribution in [0.5, 0.6) is 11.5 Å². The van der Waals surface area contributed by atoms with Crippen LogP contribution in [0, 0.1) is 6.92 Å². The predicted octanol–water partition coefficient (Wildman–Crippen LogP) is 2.68. The summed E-state index contributed by atoms with van der Waals surface area (Å²) in [6.07, 6.45) is 0.744. The summed E-state index contributed by atoms with van der Waals surface area (Å²) >= 11 is 0. The second-order valence-corrected chi connectivity index (χ2v) is 4.86. The van der Waals surface area contributed by atoms with Crippen molar-refractivity contribution >= 4 is 5.91 Å². The van der Waals surface area contributed by atoms with Crippen LogP contribution in [0.3, 0.4) is 0 Å². The smallest absolute Gasteiger partial charge is 0.251 e. The van der Waals surface area contributed by atoms with Gasteiger partial charge in [-0.15, -0.1) is 0 Å². The minimum absolute atomic E-state index is 0.137. The molecule has 2 aromatic rings. The van der Waals surface area contributed by atoms with Crippen molar-refractivity contribution in [3.8, 4) is 11.5 Å². The van der Waals surface area contributed by atoms with Crippen LogP contribution < -0.4 is 10.1 Å². The lowest BCUT2D eigenvalue weighted by Gasteiger charge is -2.07. The van der Waals surface area contributed by atoms with Crippen molar-refractivity contribution in [2.24, 2.45) is 0 Å². The molecular formula is C17H19NO3. The first-order valence-electron chi connectivity index (χ1n) is 6.81. The Morgan fingerprint density at radius 1 is 1.19 bits per heavy atom. The summed E-state index contributed by atoms with van der Waals surface area (Å²) < 4.78 is 5.10. The molecule has 110 valence electrons. The van der Waals surface area contributed by atoms with Crippen molar-refractivity contribution in [2.45, 2.75) is 13.3 Å². The maximum Gasteiger partial charge on any atom is 0.251 e. The van der Waals surface area contributed by atoms with E-state index in [9.17, 15) is 9.90 Å². The number of methoxy groups -OCH3 is 1. The summed E-state index contributed by atoms with van der Waals surface area (Å²) in [5.41, 5.74) is 2.35. The van der Waals surface area contributed by atoms with Crippen LogP contribution in [-0.2, 0) is 6.42 Å². The van der Waals surface area contributed by atoms with Gasteiger partial charge in [0.25, 0.3) is 5.91 Å². The zero-order valence-corrected chi connectivity index (χ0v) is 12.2. The number of phenolic OH excluding ortho intramolecular Hbond substituents is 1. The summed E-state index contributed by atoms with van der Waals surface area (Å²) in [6, 6.07) is 12.7. The van der Waals surface area contributed by atoms with E-state index in [0.717, 1.165) is 23.3 Å². The Labute approximate surface area is 124 Å². The molecule has 0 heterocycles. The summed E-state index contributed by atoms with van der Waals surface area (Å²) in [5.74, 6) is 0.773. The molecule has 0 aliphatic carbocycles. The zero-order chi connectivity index (χ0) is 15.2. The SMILES string of the molecule is COc1ccc(CCNC(=O)c2ccc(C)c(O)c2)cc1. The van der Waals surface area contributed by atoms with Crippen LogP contribution in [0.2, 0.25) is 0 Å². The largest absolute Gasteiger partial charge is 0.508 e. The van der Waals surface area contributed by atoms with Gasteiger partial charge in [0, 0.05) is 12.1 Å². The van der Waals surface area contributed by atoms with Crippen LogP contribution in [0.15, 0.2) is 42.5 Å². The Balaban J connectivity index is 1.87. The molecule has 4 nitrogen and oxygen atoms in total. The molecule has 0 saturated heterocycles. The van der Waals surface area contributed by atoms with Gasteiger partial charge < -0.3 is 15.2 Å². The molecule has 0 atom stereocenters. The van der Waals surface area contributed by atoms with Crippen LogP contribution >= 0.6 is 0 Å². The van der Waals surface area contributed by atoms with Crippen molar-refractivity contribution in [1.82, 2.24) is 5.32 Å². The topological polar surface area (TPSA) is 58.6 Å². The minimum Gasteiger partial charge on any atom is -0.508 e. The monoisotopic (exact) mass is 285 g/mol. The third-order valence-corrected chi connectivity index (χ3v) is 3.33. The number of benzene rings is 2. The number of carbonyl (C=O) groups is 1. The van der Waals surface area contributed by atoms with Crippen molar-refractivity contribution in [3.63, 3.8) is 0 Å². The normalized spacial score (nSPS) is 10.2. The molecule has 0 spiro atoms. The molecule has 21 heavy (non-hydrogen) atoms. The number of nitrogens with one attached hydrogen (secondary N) is 1. The molecule has 0 unspecified atom stereocenters. The van der Waals surface area contributed by atoms with Gasteiger partial charge in [0.1, 0.15) is 11.5 Å². The molecule has 0 aliphatic heterocycles. The number of aryl methyl sites for hydroxylation is 1. The van der Waals surface area contributed by atoms with Gasteiger partial charge >= 0.3 is 0 Å². The van der Waals surface area contributed by atoms with Gasteiger partial charge in [-0.3, -0.25) is 4.79 Å². The highest BCUT2D eigenvalue weighted by atomic mass is 16.5. The van der Waals surface area contributed by atoms with Crippen molar-refractivity contribution in [2.75, 3.05) is 13.7 Å². The lowest BCUT2D eigenvalue weighted by Crippen LogP contribution is -2.25. The number of ether oxygens (including phenoxy) is 1. The van der Waals surface area contributed by atoms with Crippen molar-refractivity contribution in [3.05, 3.63) is 59.2 Å². The Morgan fingerprint density at radius 3 is 2.52 bits per heavy atom. The molecule has 0 bridgehead atoms. The van der Waals surface area contributed by atoms with Crippen LogP contribution in [-0.4, -0.2) is 24.7 Å². The van der Waals surface area contributed by atoms with Gasteiger partial charge in [-0.25, -0.2) is 0 Å². The fraction of sp³-hybridized carbons (Fsp3) is 0.235. The van der Waals surface area contributed by atoms with Gasteiger partial charge in [0.15, 0.2) is 0 Å². The fourth-order valence-corrected chi connectivity index (χ4v) is 1.97. The highest BCUT2D eigenvalue weighted by Crippen LogP contribution is 2.17. The lowest BCUT2D eigenvalue weighted by molar-refractivity contribution is 0.0953. The minimum atomic E-state index is -0.182. The van der Waals surface area contributed by atoms with E-state index in [1.165, 1.54) is 6.07 Å². The fourth-order valence-electron chi connectivity index (χ4n) is 1.97. The van der Waals surface area contributed by atoms with Crippen LogP contribution in [0.25, 0.3) is 0 Å². The average molecular weight is 285 g/mol. The Hall–Kier alpha value is -2.49. The van der Waals surface area contributed by atoms with E-state index >= 15 is 0 Å². The molecule has 0 aliphatic rings. The first-order valence-corrected chi connectivity index (χ1v) is 6.81. The Morgan fingerprint density at radius 2 is 1.90 bits per heavy atom. The number of aromatic hydroxyl groups is 1. The molecule has 0 aromatic heterocycles. The van der Waals surface area contributed by atoms with E-state index in [0.29, 0.717) is 12.1 Å². The summed E-state index contributed by atoms with van der Waals surface area (Å²) in [7, 11) is 1.63.